The van der Waals surface area contributed by atoms with Gasteiger partial charge in [-0.05, 0) is 17.5 Å². The minimum Gasteiger partial charge on any atom is -0.481 e. The lowest BCUT2D eigenvalue weighted by atomic mass is 10.1. The highest BCUT2D eigenvalue weighted by Gasteiger charge is 2.57. The monoisotopic (exact) mass is 206 g/mol. The molecule has 0 spiro atoms. The molecule has 3 atom stereocenters. The molecular formula is C11H10O2S. The van der Waals surface area contributed by atoms with Gasteiger partial charge in [-0.3, -0.25) is 4.79 Å². The molecule has 0 saturated heterocycles. The van der Waals surface area contributed by atoms with Crippen LogP contribution in [0.4, 0.5) is 0 Å². The number of carbonyl (C=O) groups is 1. The van der Waals surface area contributed by atoms with Crippen LogP contribution in [0.5, 0.6) is 0 Å². The second-order valence-electron chi connectivity index (χ2n) is 3.90. The summed E-state index contributed by atoms with van der Waals surface area (Å²) in [5.74, 6) is 0.902. The van der Waals surface area contributed by atoms with Gasteiger partial charge in [-0.2, -0.15) is 0 Å². The van der Waals surface area contributed by atoms with Gasteiger partial charge in [0.2, 0.25) is 0 Å². The van der Waals surface area contributed by atoms with E-state index in [-0.39, 0.29) is 5.92 Å². The van der Waals surface area contributed by atoms with Crippen molar-refractivity contribution < 1.29 is 9.90 Å². The number of hydrogen-bond donors (Lipinski definition) is 1. The first-order valence-electron chi connectivity index (χ1n) is 4.73. The number of hydrogen-bond acceptors (Lipinski definition) is 2. The van der Waals surface area contributed by atoms with Crippen molar-refractivity contribution in [2.24, 2.45) is 11.8 Å². The highest BCUT2D eigenvalue weighted by Crippen LogP contribution is 2.60. The second-order valence-corrected chi connectivity index (χ2v) is 4.96. The van der Waals surface area contributed by atoms with E-state index in [4.69, 9.17) is 5.11 Å². The third-order valence-electron chi connectivity index (χ3n) is 3.16. The van der Waals surface area contributed by atoms with Gasteiger partial charge >= 0.3 is 5.97 Å². The molecule has 0 aromatic heterocycles. The van der Waals surface area contributed by atoms with E-state index in [1.807, 2.05) is 12.1 Å². The molecule has 1 N–H and O–H groups in total. The first-order chi connectivity index (χ1) is 6.79. The molecule has 1 aromatic carbocycles. The summed E-state index contributed by atoms with van der Waals surface area (Å²) in [6.45, 7) is 0. The Morgan fingerprint density at radius 3 is 3.00 bits per heavy atom. The van der Waals surface area contributed by atoms with Crippen molar-refractivity contribution in [1.29, 1.82) is 0 Å². The first kappa shape index (κ1) is 8.36. The molecule has 0 bridgehead atoms. The zero-order chi connectivity index (χ0) is 9.71. The highest BCUT2D eigenvalue weighted by atomic mass is 32.2. The van der Waals surface area contributed by atoms with Crippen LogP contribution < -0.4 is 0 Å². The lowest BCUT2D eigenvalue weighted by Crippen LogP contribution is -2.00. The fraction of sp³-hybridized carbons (Fsp3) is 0.364. The molecule has 1 aliphatic carbocycles. The second kappa shape index (κ2) is 2.76. The summed E-state index contributed by atoms with van der Waals surface area (Å²) >= 11 is 1.80. The first-order valence-corrected chi connectivity index (χ1v) is 5.72. The Kier molecular flexibility index (Phi) is 1.65. The summed E-state index contributed by atoms with van der Waals surface area (Å²) in [5.41, 5.74) is 1.25. The van der Waals surface area contributed by atoms with Crippen molar-refractivity contribution in [3.63, 3.8) is 0 Å². The average Bonchev–Trinajstić information content (AvgIpc) is 2.92. The topological polar surface area (TPSA) is 37.3 Å². The fourth-order valence-corrected chi connectivity index (χ4v) is 3.75. The van der Waals surface area contributed by atoms with Crippen molar-refractivity contribution in [2.75, 3.05) is 5.75 Å². The lowest BCUT2D eigenvalue weighted by molar-refractivity contribution is -0.138. The van der Waals surface area contributed by atoms with Gasteiger partial charge in [-0.15, -0.1) is 11.8 Å². The quantitative estimate of drug-likeness (QED) is 0.765. The molecule has 0 unspecified atom stereocenters. The molecule has 2 aliphatic rings. The van der Waals surface area contributed by atoms with Gasteiger partial charge in [0.25, 0.3) is 0 Å². The summed E-state index contributed by atoms with van der Waals surface area (Å²) in [5, 5.41) is 9.00. The van der Waals surface area contributed by atoms with Crippen LogP contribution in [0.3, 0.4) is 0 Å². The van der Waals surface area contributed by atoms with E-state index in [1.54, 1.807) is 11.8 Å². The Balaban J connectivity index is 2.00. The standard InChI is InChI=1S/C11H10O2S/c12-11(13)10-7-5-14-8-4-2-1-3-6(8)9(7)10/h1-4,7,9-10H,5H2,(H,12,13)/t7-,9+,10-/m1/s1. The van der Waals surface area contributed by atoms with Crippen molar-refractivity contribution >= 4 is 17.7 Å². The molecule has 3 heteroatoms. The number of carboxylic acid groups (broad SMARTS) is 1. The maximum absolute atomic E-state index is 10.9. The van der Waals surface area contributed by atoms with Crippen LogP contribution >= 0.6 is 11.8 Å². The number of carboxylic acids is 1. The van der Waals surface area contributed by atoms with E-state index in [0.29, 0.717) is 11.8 Å². The number of aliphatic carboxylic acids is 1. The Bertz CT molecular complexity index is 402. The van der Waals surface area contributed by atoms with E-state index in [1.165, 1.54) is 10.5 Å². The van der Waals surface area contributed by atoms with Gasteiger partial charge in [0, 0.05) is 16.6 Å². The van der Waals surface area contributed by atoms with Gasteiger partial charge in [0.05, 0.1) is 5.92 Å². The molecule has 2 nitrogen and oxygen atoms in total. The Hall–Kier alpha value is -0.960. The molecule has 14 heavy (non-hydrogen) atoms. The SMILES string of the molecule is O=C(O)[C@@H]1[C@@H]2CSc3ccccc3[C@@H]21. The molecule has 1 aliphatic heterocycles. The number of fused-ring (bicyclic) bond motifs is 3. The van der Waals surface area contributed by atoms with Gasteiger partial charge in [0.1, 0.15) is 0 Å². The molecule has 72 valence electrons. The Labute approximate surface area is 86.3 Å². The molecule has 1 saturated carbocycles. The van der Waals surface area contributed by atoms with E-state index in [9.17, 15) is 4.79 Å². The predicted octanol–water partition coefficient (Wildman–Crippen LogP) is 2.21. The highest BCUT2D eigenvalue weighted by molar-refractivity contribution is 7.99. The van der Waals surface area contributed by atoms with Crippen molar-refractivity contribution in [1.82, 2.24) is 0 Å². The summed E-state index contributed by atoms with van der Waals surface area (Å²) in [6.07, 6.45) is 0. The largest absolute Gasteiger partial charge is 0.481 e. The van der Waals surface area contributed by atoms with Crippen LogP contribution in [0.2, 0.25) is 0 Å². The van der Waals surface area contributed by atoms with Gasteiger partial charge in [-0.1, -0.05) is 18.2 Å². The van der Waals surface area contributed by atoms with E-state index < -0.39 is 5.97 Å². The number of rotatable bonds is 1. The third-order valence-corrected chi connectivity index (χ3v) is 4.40. The fourth-order valence-electron chi connectivity index (χ4n) is 2.42. The van der Waals surface area contributed by atoms with Crippen LogP contribution in [0.25, 0.3) is 0 Å². The van der Waals surface area contributed by atoms with Crippen LogP contribution in [-0.4, -0.2) is 16.8 Å². The summed E-state index contributed by atoms with van der Waals surface area (Å²) in [6, 6.07) is 8.18. The van der Waals surface area contributed by atoms with Crippen LogP contribution in [0.15, 0.2) is 29.2 Å². The number of thioether (sulfide) groups is 1. The van der Waals surface area contributed by atoms with E-state index in [2.05, 4.69) is 12.1 Å². The van der Waals surface area contributed by atoms with Gasteiger partial charge < -0.3 is 5.11 Å². The lowest BCUT2D eigenvalue weighted by Gasteiger charge is -2.12. The number of benzene rings is 1. The summed E-state index contributed by atoms with van der Waals surface area (Å²) in [7, 11) is 0. The third kappa shape index (κ3) is 1.02. The smallest absolute Gasteiger partial charge is 0.307 e. The zero-order valence-corrected chi connectivity index (χ0v) is 8.33. The molecule has 1 fully saturated rings. The summed E-state index contributed by atoms with van der Waals surface area (Å²) in [4.78, 5) is 12.2. The zero-order valence-electron chi connectivity index (χ0n) is 7.51. The molecule has 3 rings (SSSR count). The van der Waals surface area contributed by atoms with Crippen molar-refractivity contribution in [3.05, 3.63) is 29.8 Å². The van der Waals surface area contributed by atoms with Gasteiger partial charge in [-0.25, -0.2) is 0 Å². The maximum atomic E-state index is 10.9. The van der Waals surface area contributed by atoms with Crippen molar-refractivity contribution in [2.45, 2.75) is 10.8 Å². The molecule has 0 radical (unpaired) electrons. The molecule has 1 heterocycles. The minimum atomic E-state index is -0.627. The minimum absolute atomic E-state index is 0.119. The van der Waals surface area contributed by atoms with E-state index >= 15 is 0 Å². The molecule has 1 aromatic rings. The van der Waals surface area contributed by atoms with Crippen LogP contribution in [0, 0.1) is 11.8 Å². The molecule has 0 amide bonds. The van der Waals surface area contributed by atoms with Crippen LogP contribution in [-0.2, 0) is 4.79 Å². The summed E-state index contributed by atoms with van der Waals surface area (Å²) < 4.78 is 0. The van der Waals surface area contributed by atoms with Gasteiger partial charge in [0.15, 0.2) is 0 Å². The average molecular weight is 206 g/mol. The predicted molar refractivity (Wildman–Crippen MR) is 54.5 cm³/mol. The van der Waals surface area contributed by atoms with Crippen LogP contribution in [0.1, 0.15) is 11.5 Å². The Morgan fingerprint density at radius 1 is 1.43 bits per heavy atom. The molecular weight excluding hydrogens is 196 g/mol. The van der Waals surface area contributed by atoms with E-state index in [0.717, 1.165) is 5.75 Å². The van der Waals surface area contributed by atoms with Crippen molar-refractivity contribution in [3.8, 4) is 0 Å². The maximum Gasteiger partial charge on any atom is 0.307 e. The normalized spacial score (nSPS) is 33.0. The Morgan fingerprint density at radius 2 is 2.21 bits per heavy atom.